The van der Waals surface area contributed by atoms with Gasteiger partial charge >= 0.3 is 0 Å². The second kappa shape index (κ2) is 5.94. The molecule has 4 nitrogen and oxygen atoms in total. The van der Waals surface area contributed by atoms with Gasteiger partial charge in [-0.1, -0.05) is 11.6 Å². The van der Waals surface area contributed by atoms with E-state index in [4.69, 9.17) is 11.6 Å². The maximum absolute atomic E-state index is 12.0. The third-order valence-corrected chi connectivity index (χ3v) is 5.28. The lowest BCUT2D eigenvalue weighted by atomic mass is 10.3. The molecular formula is C11H14ClIN2O2S. The van der Waals surface area contributed by atoms with Crippen LogP contribution in [-0.2, 0) is 10.0 Å². The fraction of sp³-hybridized carbons (Fsp3) is 0.455. The molecular weight excluding hydrogens is 387 g/mol. The molecule has 0 bridgehead atoms. The van der Waals surface area contributed by atoms with Crippen LogP contribution in [0, 0.1) is 3.57 Å². The van der Waals surface area contributed by atoms with Gasteiger partial charge in [0.1, 0.15) is 0 Å². The lowest BCUT2D eigenvalue weighted by molar-refractivity contribution is 0.582. The summed E-state index contributed by atoms with van der Waals surface area (Å²) in [7, 11) is -3.31. The highest BCUT2D eigenvalue weighted by Crippen LogP contribution is 2.23. The number of benzene rings is 1. The normalized spacial score (nSPS) is 20.0. The molecule has 2 N–H and O–H groups in total. The molecule has 1 atom stereocenters. The SMILES string of the molecule is O=S(=O)(CC1CCCN1)Nc1ccc(Cl)cc1I. The van der Waals surface area contributed by atoms with Gasteiger partial charge < -0.3 is 5.32 Å². The molecule has 0 aliphatic carbocycles. The van der Waals surface area contributed by atoms with E-state index < -0.39 is 10.0 Å². The van der Waals surface area contributed by atoms with Crippen molar-refractivity contribution in [1.29, 1.82) is 0 Å². The van der Waals surface area contributed by atoms with E-state index in [2.05, 4.69) is 32.6 Å². The van der Waals surface area contributed by atoms with Gasteiger partial charge in [-0.2, -0.15) is 0 Å². The third-order valence-electron chi connectivity index (χ3n) is 2.78. The van der Waals surface area contributed by atoms with Crippen molar-refractivity contribution in [2.24, 2.45) is 0 Å². The van der Waals surface area contributed by atoms with Crippen molar-refractivity contribution in [3.63, 3.8) is 0 Å². The highest BCUT2D eigenvalue weighted by atomic mass is 127. The number of hydrogen-bond acceptors (Lipinski definition) is 3. The van der Waals surface area contributed by atoms with Crippen LogP contribution in [0.5, 0.6) is 0 Å². The maximum atomic E-state index is 12.0. The van der Waals surface area contributed by atoms with E-state index in [9.17, 15) is 8.42 Å². The van der Waals surface area contributed by atoms with Crippen molar-refractivity contribution >= 4 is 49.9 Å². The number of halogens is 2. The summed E-state index contributed by atoms with van der Waals surface area (Å²) in [6.45, 7) is 0.901. The Bertz CT molecular complexity index is 530. The molecule has 1 aromatic carbocycles. The number of rotatable bonds is 4. The van der Waals surface area contributed by atoms with Crippen molar-refractivity contribution in [3.8, 4) is 0 Å². The highest BCUT2D eigenvalue weighted by Gasteiger charge is 2.22. The molecule has 1 saturated heterocycles. The Hall–Kier alpha value is -0.0500. The highest BCUT2D eigenvalue weighted by molar-refractivity contribution is 14.1. The standard InChI is InChI=1S/C11H14ClIN2O2S/c12-8-3-4-11(10(13)6-8)15-18(16,17)7-9-2-1-5-14-9/h3-4,6,9,14-15H,1-2,5,7H2. The minimum absolute atomic E-state index is 0.0625. The lowest BCUT2D eigenvalue weighted by Gasteiger charge is -2.13. The molecule has 0 amide bonds. The molecule has 7 heteroatoms. The van der Waals surface area contributed by atoms with E-state index in [1.165, 1.54) is 0 Å². The first-order valence-corrected chi connectivity index (χ1v) is 8.76. The van der Waals surface area contributed by atoms with Crippen molar-refractivity contribution in [1.82, 2.24) is 5.32 Å². The summed E-state index contributed by atoms with van der Waals surface area (Å²) in [4.78, 5) is 0. The predicted molar refractivity (Wildman–Crippen MR) is 82.6 cm³/mol. The van der Waals surface area contributed by atoms with Crippen LogP contribution in [0.4, 0.5) is 5.69 Å². The van der Waals surface area contributed by atoms with Crippen molar-refractivity contribution < 1.29 is 8.42 Å². The van der Waals surface area contributed by atoms with Crippen LogP contribution in [0.25, 0.3) is 0 Å². The van der Waals surface area contributed by atoms with Crippen LogP contribution in [0.3, 0.4) is 0 Å². The quantitative estimate of drug-likeness (QED) is 0.763. The van der Waals surface area contributed by atoms with E-state index >= 15 is 0 Å². The molecule has 1 aliphatic heterocycles. The molecule has 1 unspecified atom stereocenters. The largest absolute Gasteiger partial charge is 0.313 e. The Morgan fingerprint density at radius 2 is 2.28 bits per heavy atom. The molecule has 0 radical (unpaired) electrons. The van der Waals surface area contributed by atoms with Gasteiger partial charge in [-0.3, -0.25) is 4.72 Å². The summed E-state index contributed by atoms with van der Waals surface area (Å²) in [5.74, 6) is 0.117. The summed E-state index contributed by atoms with van der Waals surface area (Å²) >= 11 is 7.90. The third kappa shape index (κ3) is 3.97. The fourth-order valence-corrected chi connectivity index (χ4v) is 4.55. The van der Waals surface area contributed by atoms with Crippen LogP contribution in [-0.4, -0.2) is 26.8 Å². The molecule has 1 heterocycles. The Balaban J connectivity index is 2.07. The van der Waals surface area contributed by atoms with Gasteiger partial charge in [-0.25, -0.2) is 8.42 Å². The van der Waals surface area contributed by atoms with Gasteiger partial charge in [0.05, 0.1) is 11.4 Å². The summed E-state index contributed by atoms with van der Waals surface area (Å²) in [5, 5.41) is 3.78. The van der Waals surface area contributed by atoms with Gasteiger partial charge in [-0.05, 0) is 60.2 Å². The number of hydrogen-bond donors (Lipinski definition) is 2. The summed E-state index contributed by atoms with van der Waals surface area (Å²) in [6, 6.07) is 5.15. The van der Waals surface area contributed by atoms with Gasteiger partial charge in [-0.15, -0.1) is 0 Å². The Morgan fingerprint density at radius 3 is 2.89 bits per heavy atom. The van der Waals surface area contributed by atoms with E-state index in [1.54, 1.807) is 18.2 Å². The van der Waals surface area contributed by atoms with Gasteiger partial charge in [0.15, 0.2) is 0 Å². The van der Waals surface area contributed by atoms with Crippen LogP contribution in [0.2, 0.25) is 5.02 Å². The van der Waals surface area contributed by atoms with Crippen LogP contribution in [0.15, 0.2) is 18.2 Å². The lowest BCUT2D eigenvalue weighted by Crippen LogP contribution is -2.32. The zero-order valence-electron chi connectivity index (χ0n) is 9.62. The Morgan fingerprint density at radius 1 is 1.50 bits per heavy atom. The van der Waals surface area contributed by atoms with Gasteiger partial charge in [0, 0.05) is 14.6 Å². The second-order valence-electron chi connectivity index (χ2n) is 4.30. The smallest absolute Gasteiger partial charge is 0.234 e. The fourth-order valence-electron chi connectivity index (χ4n) is 1.95. The van der Waals surface area contributed by atoms with E-state index in [-0.39, 0.29) is 11.8 Å². The van der Waals surface area contributed by atoms with Crippen LogP contribution in [0.1, 0.15) is 12.8 Å². The predicted octanol–water partition coefficient (Wildman–Crippen LogP) is 2.44. The molecule has 100 valence electrons. The van der Waals surface area contributed by atoms with Crippen molar-refractivity contribution in [2.45, 2.75) is 18.9 Å². The zero-order chi connectivity index (χ0) is 13.2. The van der Waals surface area contributed by atoms with Crippen LogP contribution < -0.4 is 10.0 Å². The first-order chi connectivity index (χ1) is 8.46. The number of nitrogens with one attached hydrogen (secondary N) is 2. The molecule has 0 aromatic heterocycles. The van der Waals surface area contributed by atoms with Crippen molar-refractivity contribution in [3.05, 3.63) is 26.8 Å². The number of anilines is 1. The first-order valence-electron chi connectivity index (χ1n) is 5.65. The topological polar surface area (TPSA) is 58.2 Å². The van der Waals surface area contributed by atoms with Crippen molar-refractivity contribution in [2.75, 3.05) is 17.0 Å². The van der Waals surface area contributed by atoms with E-state index in [1.807, 2.05) is 0 Å². The second-order valence-corrected chi connectivity index (χ2v) is 7.67. The Kier molecular flexibility index (Phi) is 4.74. The zero-order valence-corrected chi connectivity index (χ0v) is 13.3. The van der Waals surface area contributed by atoms with Crippen LogP contribution >= 0.6 is 34.2 Å². The summed E-state index contributed by atoms with van der Waals surface area (Å²) < 4.78 is 27.4. The first kappa shape index (κ1) is 14.4. The minimum Gasteiger partial charge on any atom is -0.313 e. The molecule has 18 heavy (non-hydrogen) atoms. The Labute approximate surface area is 126 Å². The molecule has 2 rings (SSSR count). The molecule has 1 fully saturated rings. The number of sulfonamides is 1. The van der Waals surface area contributed by atoms with E-state index in [0.717, 1.165) is 23.0 Å². The monoisotopic (exact) mass is 400 g/mol. The average Bonchev–Trinajstić information content (AvgIpc) is 2.74. The minimum atomic E-state index is -3.31. The molecule has 0 saturated carbocycles. The average molecular weight is 401 g/mol. The molecule has 1 aromatic rings. The van der Waals surface area contributed by atoms with Gasteiger partial charge in [0.2, 0.25) is 10.0 Å². The summed E-state index contributed by atoms with van der Waals surface area (Å²) in [5.41, 5.74) is 0.581. The molecule has 1 aliphatic rings. The van der Waals surface area contributed by atoms with Gasteiger partial charge in [0.25, 0.3) is 0 Å². The molecule has 0 spiro atoms. The van der Waals surface area contributed by atoms with E-state index in [0.29, 0.717) is 10.7 Å². The summed E-state index contributed by atoms with van der Waals surface area (Å²) in [6.07, 6.45) is 1.96. The maximum Gasteiger partial charge on any atom is 0.234 e.